The van der Waals surface area contributed by atoms with Crippen LogP contribution in [0.25, 0.3) is 0 Å². The van der Waals surface area contributed by atoms with Crippen LogP contribution in [0.3, 0.4) is 0 Å². The van der Waals surface area contributed by atoms with Crippen LogP contribution in [-0.4, -0.2) is 14.3 Å². The molecule has 0 radical (unpaired) electrons. The number of benzene rings is 2. The van der Waals surface area contributed by atoms with Gasteiger partial charge < -0.3 is 5.32 Å². The number of aryl methyl sites for hydroxylation is 2. The van der Waals surface area contributed by atoms with Crippen molar-refractivity contribution in [2.75, 3.05) is 5.32 Å². The van der Waals surface area contributed by atoms with Gasteiger partial charge in [-0.15, -0.1) is 0 Å². The van der Waals surface area contributed by atoms with Crippen molar-refractivity contribution in [3.8, 4) is 0 Å². The fourth-order valence-electron chi connectivity index (χ4n) is 1.93. The number of rotatable bonds is 3. The van der Waals surface area contributed by atoms with Crippen LogP contribution in [0.2, 0.25) is 0 Å². The summed E-state index contributed by atoms with van der Waals surface area (Å²) in [5.41, 5.74) is 2.56. The first-order chi connectivity index (χ1) is 9.79. The summed E-state index contributed by atoms with van der Waals surface area (Å²) >= 11 is 0. The van der Waals surface area contributed by atoms with Crippen molar-refractivity contribution in [1.82, 2.24) is 0 Å². The van der Waals surface area contributed by atoms with Crippen LogP contribution in [0.15, 0.2) is 47.4 Å². The van der Waals surface area contributed by atoms with Crippen molar-refractivity contribution in [3.63, 3.8) is 0 Å². The lowest BCUT2D eigenvalue weighted by atomic mass is 10.1. The minimum absolute atomic E-state index is 0.0805. The molecule has 0 aliphatic heterocycles. The summed E-state index contributed by atoms with van der Waals surface area (Å²) in [4.78, 5) is 12.2. The van der Waals surface area contributed by atoms with Gasteiger partial charge in [-0.25, -0.2) is 13.6 Å². The van der Waals surface area contributed by atoms with E-state index in [0.717, 1.165) is 5.56 Å². The number of amides is 1. The second-order valence-electron chi connectivity index (χ2n) is 4.79. The van der Waals surface area contributed by atoms with Gasteiger partial charge in [-0.3, -0.25) is 4.79 Å². The number of primary sulfonamides is 1. The number of sulfonamides is 1. The SMILES string of the molecule is Cc1ccccc1NC(=O)c1cc(S(N)(=O)=O)ccc1C. The number of nitrogens with one attached hydrogen (secondary N) is 1. The third-order valence-electron chi connectivity index (χ3n) is 3.18. The maximum absolute atomic E-state index is 12.3. The van der Waals surface area contributed by atoms with Crippen molar-refractivity contribution in [1.29, 1.82) is 0 Å². The van der Waals surface area contributed by atoms with Crippen LogP contribution in [0.1, 0.15) is 21.5 Å². The van der Waals surface area contributed by atoms with Gasteiger partial charge in [-0.2, -0.15) is 0 Å². The first-order valence-corrected chi connectivity index (χ1v) is 7.84. The Hall–Kier alpha value is -2.18. The van der Waals surface area contributed by atoms with Crippen molar-refractivity contribution in [2.24, 2.45) is 5.14 Å². The maximum atomic E-state index is 12.3. The second kappa shape index (κ2) is 5.67. The predicted molar refractivity (Wildman–Crippen MR) is 81.7 cm³/mol. The van der Waals surface area contributed by atoms with Gasteiger partial charge in [-0.05, 0) is 43.2 Å². The van der Waals surface area contributed by atoms with Gasteiger partial charge in [0.25, 0.3) is 5.91 Å². The third kappa shape index (κ3) is 3.48. The molecule has 2 rings (SSSR count). The molecule has 0 saturated heterocycles. The Balaban J connectivity index is 2.38. The van der Waals surface area contributed by atoms with E-state index in [1.165, 1.54) is 12.1 Å². The molecule has 0 unspecified atom stereocenters. The molecule has 110 valence electrons. The number of hydrogen-bond donors (Lipinski definition) is 2. The maximum Gasteiger partial charge on any atom is 0.255 e. The molecule has 2 aromatic carbocycles. The number of nitrogens with two attached hydrogens (primary N) is 1. The Morgan fingerprint density at radius 2 is 1.71 bits per heavy atom. The van der Waals surface area contributed by atoms with Crippen LogP contribution in [-0.2, 0) is 10.0 Å². The summed E-state index contributed by atoms with van der Waals surface area (Å²) in [5, 5.41) is 7.86. The number of para-hydroxylation sites is 1. The van der Waals surface area contributed by atoms with E-state index < -0.39 is 10.0 Å². The van der Waals surface area contributed by atoms with E-state index in [2.05, 4.69) is 5.32 Å². The summed E-state index contributed by atoms with van der Waals surface area (Å²) in [6.45, 7) is 3.61. The first-order valence-electron chi connectivity index (χ1n) is 6.29. The van der Waals surface area contributed by atoms with Crippen LogP contribution >= 0.6 is 0 Å². The smallest absolute Gasteiger partial charge is 0.255 e. The van der Waals surface area contributed by atoms with Gasteiger partial charge in [-0.1, -0.05) is 24.3 Å². The van der Waals surface area contributed by atoms with E-state index in [1.807, 2.05) is 25.1 Å². The highest BCUT2D eigenvalue weighted by atomic mass is 32.2. The molecule has 0 atom stereocenters. The van der Waals surface area contributed by atoms with Gasteiger partial charge in [0.2, 0.25) is 10.0 Å². The first kappa shape index (κ1) is 15.2. The van der Waals surface area contributed by atoms with Crippen molar-refractivity contribution in [3.05, 3.63) is 59.2 Å². The normalized spacial score (nSPS) is 11.2. The molecular weight excluding hydrogens is 288 g/mol. The average Bonchev–Trinajstić information content (AvgIpc) is 2.40. The Labute approximate surface area is 123 Å². The van der Waals surface area contributed by atoms with Crippen LogP contribution in [0.4, 0.5) is 5.69 Å². The highest BCUT2D eigenvalue weighted by Crippen LogP contribution is 2.18. The average molecular weight is 304 g/mol. The summed E-state index contributed by atoms with van der Waals surface area (Å²) in [6.07, 6.45) is 0. The van der Waals surface area contributed by atoms with E-state index >= 15 is 0 Å². The molecule has 21 heavy (non-hydrogen) atoms. The third-order valence-corrected chi connectivity index (χ3v) is 4.09. The topological polar surface area (TPSA) is 89.3 Å². The highest BCUT2D eigenvalue weighted by molar-refractivity contribution is 7.89. The van der Waals surface area contributed by atoms with Gasteiger partial charge in [0.1, 0.15) is 0 Å². The fraction of sp³-hybridized carbons (Fsp3) is 0.133. The zero-order valence-corrected chi connectivity index (χ0v) is 12.6. The Morgan fingerprint density at radius 3 is 2.33 bits per heavy atom. The minimum atomic E-state index is -3.84. The molecule has 5 nitrogen and oxygen atoms in total. The molecular formula is C15H16N2O3S. The molecule has 0 fully saturated rings. The van der Waals surface area contributed by atoms with Gasteiger partial charge in [0.05, 0.1) is 4.90 Å². The van der Waals surface area contributed by atoms with E-state index in [4.69, 9.17) is 5.14 Å². The summed E-state index contributed by atoms with van der Waals surface area (Å²) < 4.78 is 22.8. The molecule has 0 aliphatic carbocycles. The predicted octanol–water partition coefficient (Wildman–Crippen LogP) is 2.20. The second-order valence-corrected chi connectivity index (χ2v) is 6.35. The molecule has 0 spiro atoms. The summed E-state index contributed by atoms with van der Waals surface area (Å²) in [6, 6.07) is 11.6. The lowest BCUT2D eigenvalue weighted by molar-refractivity contribution is 0.102. The monoisotopic (exact) mass is 304 g/mol. The number of anilines is 1. The number of carbonyl (C=O) groups excluding carboxylic acids is 1. The Morgan fingerprint density at radius 1 is 1.05 bits per heavy atom. The Kier molecular flexibility index (Phi) is 4.11. The quantitative estimate of drug-likeness (QED) is 0.911. The van der Waals surface area contributed by atoms with Crippen LogP contribution in [0.5, 0.6) is 0 Å². The molecule has 1 amide bonds. The molecule has 0 bridgehead atoms. The van der Waals surface area contributed by atoms with Crippen molar-refractivity contribution >= 4 is 21.6 Å². The van der Waals surface area contributed by atoms with E-state index in [1.54, 1.807) is 19.1 Å². The molecule has 3 N–H and O–H groups in total. The fourth-order valence-corrected chi connectivity index (χ4v) is 2.47. The van der Waals surface area contributed by atoms with E-state index in [-0.39, 0.29) is 16.4 Å². The largest absolute Gasteiger partial charge is 0.322 e. The molecule has 0 saturated carbocycles. The van der Waals surface area contributed by atoms with E-state index in [0.29, 0.717) is 11.3 Å². The molecule has 0 heterocycles. The van der Waals surface area contributed by atoms with Crippen molar-refractivity contribution in [2.45, 2.75) is 18.7 Å². The van der Waals surface area contributed by atoms with Crippen molar-refractivity contribution < 1.29 is 13.2 Å². The van der Waals surface area contributed by atoms with Gasteiger partial charge in [0, 0.05) is 11.3 Å². The zero-order valence-electron chi connectivity index (χ0n) is 11.8. The van der Waals surface area contributed by atoms with E-state index in [9.17, 15) is 13.2 Å². The zero-order chi connectivity index (χ0) is 15.6. The standard InChI is InChI=1S/C15H16N2O3S/c1-10-7-8-12(21(16,19)20)9-13(10)15(18)17-14-6-4-3-5-11(14)2/h3-9H,1-2H3,(H,17,18)(H2,16,19,20). The lowest BCUT2D eigenvalue weighted by Gasteiger charge is -2.11. The Bertz CT molecular complexity index is 798. The van der Waals surface area contributed by atoms with Crippen LogP contribution in [0, 0.1) is 13.8 Å². The number of carbonyl (C=O) groups is 1. The van der Waals surface area contributed by atoms with Crippen LogP contribution < -0.4 is 10.5 Å². The lowest BCUT2D eigenvalue weighted by Crippen LogP contribution is -2.17. The summed E-state index contributed by atoms with van der Waals surface area (Å²) in [5.74, 6) is -0.368. The minimum Gasteiger partial charge on any atom is -0.322 e. The number of hydrogen-bond acceptors (Lipinski definition) is 3. The molecule has 0 aliphatic rings. The molecule has 0 aromatic heterocycles. The van der Waals surface area contributed by atoms with Gasteiger partial charge in [0.15, 0.2) is 0 Å². The van der Waals surface area contributed by atoms with Gasteiger partial charge >= 0.3 is 0 Å². The molecule has 6 heteroatoms. The highest BCUT2D eigenvalue weighted by Gasteiger charge is 2.15. The summed E-state index contributed by atoms with van der Waals surface area (Å²) in [7, 11) is -3.84. The molecule has 2 aromatic rings.